The van der Waals surface area contributed by atoms with Crippen LogP contribution in [0.3, 0.4) is 0 Å². The highest BCUT2D eigenvalue weighted by molar-refractivity contribution is 5.81. The van der Waals surface area contributed by atoms with Crippen LogP contribution < -0.4 is 14.8 Å². The van der Waals surface area contributed by atoms with Crippen LogP contribution in [0, 0.1) is 13.8 Å². The molecular formula is C24H33NO3. The fourth-order valence-corrected chi connectivity index (χ4v) is 2.99. The number of carbonyl (C=O) groups excluding carboxylic acids is 1. The summed E-state index contributed by atoms with van der Waals surface area (Å²) in [4.78, 5) is 12.5. The van der Waals surface area contributed by atoms with Gasteiger partial charge < -0.3 is 14.8 Å². The summed E-state index contributed by atoms with van der Waals surface area (Å²) in [5.74, 6) is 1.51. The summed E-state index contributed by atoms with van der Waals surface area (Å²) in [5, 5.41) is 2.93. The van der Waals surface area contributed by atoms with Gasteiger partial charge in [0.05, 0.1) is 6.54 Å². The fourth-order valence-electron chi connectivity index (χ4n) is 2.99. The zero-order chi connectivity index (χ0) is 20.7. The first kappa shape index (κ1) is 21.8. The van der Waals surface area contributed by atoms with Gasteiger partial charge in [-0.2, -0.15) is 0 Å². The van der Waals surface area contributed by atoms with E-state index in [2.05, 4.69) is 32.2 Å². The van der Waals surface area contributed by atoms with Gasteiger partial charge in [-0.05, 0) is 54.5 Å². The van der Waals surface area contributed by atoms with Crippen molar-refractivity contribution >= 4 is 5.91 Å². The lowest BCUT2D eigenvalue weighted by atomic mass is 9.86. The highest BCUT2D eigenvalue weighted by Crippen LogP contribution is 2.30. The number of benzene rings is 2. The summed E-state index contributed by atoms with van der Waals surface area (Å²) in [6.45, 7) is 13.3. The van der Waals surface area contributed by atoms with Gasteiger partial charge in [0.15, 0.2) is 6.10 Å². The topological polar surface area (TPSA) is 47.6 Å². The maximum absolute atomic E-state index is 12.5. The SMILES string of the molecule is CC[C@H](Oc1cccc(C)c1C)C(=O)NCCOc1ccccc1C(C)(C)C. The predicted octanol–water partition coefficient (Wildman–Crippen LogP) is 4.95. The normalized spacial score (nSPS) is 12.4. The van der Waals surface area contributed by atoms with Crippen LogP contribution in [0.25, 0.3) is 0 Å². The Bertz CT molecular complexity index is 793. The van der Waals surface area contributed by atoms with Crippen LogP contribution >= 0.6 is 0 Å². The molecule has 0 aliphatic heterocycles. The molecule has 0 spiro atoms. The molecule has 0 saturated heterocycles. The van der Waals surface area contributed by atoms with Crippen molar-refractivity contribution in [1.29, 1.82) is 0 Å². The van der Waals surface area contributed by atoms with Crippen molar-refractivity contribution < 1.29 is 14.3 Å². The Labute approximate surface area is 169 Å². The smallest absolute Gasteiger partial charge is 0.261 e. The van der Waals surface area contributed by atoms with Gasteiger partial charge in [0.2, 0.25) is 0 Å². The third-order valence-electron chi connectivity index (χ3n) is 4.84. The number of ether oxygens (including phenoxy) is 2. The Morgan fingerprint density at radius 3 is 2.39 bits per heavy atom. The molecule has 0 aromatic heterocycles. The van der Waals surface area contributed by atoms with Crippen LogP contribution in [0.1, 0.15) is 50.8 Å². The van der Waals surface area contributed by atoms with E-state index in [1.165, 1.54) is 0 Å². The van der Waals surface area contributed by atoms with Crippen LogP contribution in [0.2, 0.25) is 0 Å². The van der Waals surface area contributed by atoms with Gasteiger partial charge in [0.1, 0.15) is 18.1 Å². The van der Waals surface area contributed by atoms with Crippen molar-refractivity contribution in [1.82, 2.24) is 5.32 Å². The molecule has 152 valence electrons. The van der Waals surface area contributed by atoms with E-state index < -0.39 is 6.10 Å². The van der Waals surface area contributed by atoms with Crippen LogP contribution in [0.15, 0.2) is 42.5 Å². The molecule has 4 heteroatoms. The molecule has 0 saturated carbocycles. The highest BCUT2D eigenvalue weighted by atomic mass is 16.5. The van der Waals surface area contributed by atoms with Gasteiger partial charge in [-0.25, -0.2) is 0 Å². The van der Waals surface area contributed by atoms with E-state index in [1.807, 2.05) is 57.2 Å². The predicted molar refractivity (Wildman–Crippen MR) is 114 cm³/mol. The number of para-hydroxylation sites is 1. The van der Waals surface area contributed by atoms with Crippen LogP contribution in [0.5, 0.6) is 11.5 Å². The molecule has 2 aromatic carbocycles. The lowest BCUT2D eigenvalue weighted by Crippen LogP contribution is -2.40. The maximum atomic E-state index is 12.5. The van der Waals surface area contributed by atoms with Gasteiger partial charge in [-0.3, -0.25) is 4.79 Å². The number of rotatable bonds is 8. The number of aryl methyl sites for hydroxylation is 1. The first-order valence-corrected chi connectivity index (χ1v) is 9.97. The quantitative estimate of drug-likeness (QED) is 0.656. The second kappa shape index (κ2) is 9.63. The molecule has 2 rings (SSSR count). The molecule has 0 radical (unpaired) electrons. The minimum Gasteiger partial charge on any atom is -0.491 e. The monoisotopic (exact) mass is 383 g/mol. The maximum Gasteiger partial charge on any atom is 0.261 e. The molecule has 4 nitrogen and oxygen atoms in total. The first-order valence-electron chi connectivity index (χ1n) is 9.97. The molecule has 0 aliphatic carbocycles. The number of carbonyl (C=O) groups is 1. The summed E-state index contributed by atoms with van der Waals surface area (Å²) in [5.41, 5.74) is 3.38. The van der Waals surface area contributed by atoms with Gasteiger partial charge in [-0.15, -0.1) is 0 Å². The fraction of sp³-hybridized carbons (Fsp3) is 0.458. The summed E-state index contributed by atoms with van der Waals surface area (Å²) in [6, 6.07) is 13.9. The minimum absolute atomic E-state index is 0.00661. The minimum atomic E-state index is -0.512. The van der Waals surface area contributed by atoms with Crippen molar-refractivity contribution in [3.05, 3.63) is 59.2 Å². The van der Waals surface area contributed by atoms with Crippen molar-refractivity contribution in [2.24, 2.45) is 0 Å². The van der Waals surface area contributed by atoms with Crippen LogP contribution in [0.4, 0.5) is 0 Å². The van der Waals surface area contributed by atoms with E-state index in [1.54, 1.807) is 0 Å². The van der Waals surface area contributed by atoms with E-state index in [-0.39, 0.29) is 11.3 Å². The van der Waals surface area contributed by atoms with E-state index in [9.17, 15) is 4.79 Å². The molecule has 1 atom stereocenters. The summed E-state index contributed by atoms with van der Waals surface area (Å²) < 4.78 is 11.9. The summed E-state index contributed by atoms with van der Waals surface area (Å²) in [6.07, 6.45) is 0.0924. The molecule has 0 heterocycles. The Kier molecular flexibility index (Phi) is 7.50. The van der Waals surface area contributed by atoms with Crippen molar-refractivity contribution in [2.45, 2.75) is 59.5 Å². The van der Waals surface area contributed by atoms with Gasteiger partial charge in [0.25, 0.3) is 5.91 Å². The Morgan fingerprint density at radius 2 is 1.71 bits per heavy atom. The molecular weight excluding hydrogens is 350 g/mol. The standard InChI is InChI=1S/C24H33NO3/c1-7-20(28-21-14-10-11-17(2)18(21)3)23(26)25-15-16-27-22-13-9-8-12-19(22)24(4,5)6/h8-14,20H,7,15-16H2,1-6H3,(H,25,26)/t20-/m0/s1. The van der Waals surface area contributed by atoms with Crippen molar-refractivity contribution in [3.8, 4) is 11.5 Å². The molecule has 0 fully saturated rings. The number of hydrogen-bond acceptors (Lipinski definition) is 3. The van der Waals surface area contributed by atoms with E-state index in [4.69, 9.17) is 9.47 Å². The number of nitrogens with one attached hydrogen (secondary N) is 1. The Hall–Kier alpha value is -2.49. The molecule has 28 heavy (non-hydrogen) atoms. The van der Waals surface area contributed by atoms with Crippen LogP contribution in [-0.2, 0) is 10.2 Å². The van der Waals surface area contributed by atoms with E-state index in [0.717, 1.165) is 28.2 Å². The van der Waals surface area contributed by atoms with Gasteiger partial charge in [0, 0.05) is 0 Å². The van der Waals surface area contributed by atoms with E-state index >= 15 is 0 Å². The van der Waals surface area contributed by atoms with Crippen molar-refractivity contribution in [3.63, 3.8) is 0 Å². The molecule has 2 aromatic rings. The molecule has 0 aliphatic rings. The zero-order valence-electron chi connectivity index (χ0n) is 18.0. The third kappa shape index (κ3) is 5.75. The van der Waals surface area contributed by atoms with Gasteiger partial charge >= 0.3 is 0 Å². The van der Waals surface area contributed by atoms with Crippen LogP contribution in [-0.4, -0.2) is 25.2 Å². The molecule has 0 unspecified atom stereocenters. The number of amides is 1. The number of hydrogen-bond donors (Lipinski definition) is 1. The lowest BCUT2D eigenvalue weighted by molar-refractivity contribution is -0.128. The largest absolute Gasteiger partial charge is 0.491 e. The zero-order valence-corrected chi connectivity index (χ0v) is 18.0. The van der Waals surface area contributed by atoms with E-state index in [0.29, 0.717) is 19.6 Å². The molecule has 1 amide bonds. The van der Waals surface area contributed by atoms with Gasteiger partial charge in [-0.1, -0.05) is 58.0 Å². The molecule has 0 bridgehead atoms. The Balaban J connectivity index is 1.89. The molecule has 1 N–H and O–H groups in total. The second-order valence-electron chi connectivity index (χ2n) is 8.10. The Morgan fingerprint density at radius 1 is 1.04 bits per heavy atom. The summed E-state index contributed by atoms with van der Waals surface area (Å²) in [7, 11) is 0. The first-order chi connectivity index (χ1) is 13.2. The summed E-state index contributed by atoms with van der Waals surface area (Å²) >= 11 is 0. The lowest BCUT2D eigenvalue weighted by Gasteiger charge is -2.23. The highest BCUT2D eigenvalue weighted by Gasteiger charge is 2.20. The average molecular weight is 384 g/mol. The second-order valence-corrected chi connectivity index (χ2v) is 8.10. The van der Waals surface area contributed by atoms with Crippen molar-refractivity contribution in [2.75, 3.05) is 13.2 Å². The average Bonchev–Trinajstić information content (AvgIpc) is 2.65. The third-order valence-corrected chi connectivity index (χ3v) is 4.84.